The van der Waals surface area contributed by atoms with Gasteiger partial charge in [0.15, 0.2) is 5.65 Å². The summed E-state index contributed by atoms with van der Waals surface area (Å²) in [5, 5.41) is 12.2. The van der Waals surface area contributed by atoms with Gasteiger partial charge in [0.25, 0.3) is 0 Å². The third-order valence-corrected chi connectivity index (χ3v) is 2.55. The van der Waals surface area contributed by atoms with Crippen LogP contribution in [-0.4, -0.2) is 25.0 Å². The number of hydrogen-bond acceptors (Lipinski definition) is 4. The molecule has 0 unspecified atom stereocenters. The van der Waals surface area contributed by atoms with Crippen LogP contribution in [0.1, 0.15) is 0 Å². The van der Waals surface area contributed by atoms with Crippen LogP contribution in [0.2, 0.25) is 10.0 Å². The molecule has 15 heavy (non-hydrogen) atoms. The van der Waals surface area contributed by atoms with Crippen LogP contribution >= 0.6 is 23.2 Å². The second-order valence-electron chi connectivity index (χ2n) is 2.96. The van der Waals surface area contributed by atoms with Gasteiger partial charge in [-0.25, -0.2) is 4.98 Å². The highest BCUT2D eigenvalue weighted by Gasteiger charge is 2.08. The van der Waals surface area contributed by atoms with Crippen molar-refractivity contribution in [2.24, 2.45) is 0 Å². The smallest absolute Gasteiger partial charge is 0.198 e. The van der Waals surface area contributed by atoms with E-state index in [0.29, 0.717) is 26.7 Å². The Bertz CT molecular complexity index is 662. The summed E-state index contributed by atoms with van der Waals surface area (Å²) in [5.74, 6) is 0. The fourth-order valence-corrected chi connectivity index (χ4v) is 1.94. The van der Waals surface area contributed by atoms with Gasteiger partial charge in [0.1, 0.15) is 5.52 Å². The number of aromatic nitrogens is 5. The normalized spacial score (nSPS) is 11.3. The van der Waals surface area contributed by atoms with E-state index in [9.17, 15) is 0 Å². The second-order valence-corrected chi connectivity index (χ2v) is 3.81. The lowest BCUT2D eigenvalue weighted by atomic mass is 10.3. The molecular formula is C8H3Cl2N5. The van der Waals surface area contributed by atoms with Crippen LogP contribution in [0.25, 0.3) is 16.7 Å². The maximum absolute atomic E-state index is 6.00. The lowest BCUT2D eigenvalue weighted by molar-refractivity contribution is 0.841. The molecule has 2 heterocycles. The average molecular weight is 240 g/mol. The second kappa shape index (κ2) is 3.01. The van der Waals surface area contributed by atoms with Gasteiger partial charge in [-0.05, 0) is 22.6 Å². The summed E-state index contributed by atoms with van der Waals surface area (Å²) in [5.41, 5.74) is 1.87. The van der Waals surface area contributed by atoms with Gasteiger partial charge in [-0.3, -0.25) is 0 Å². The van der Waals surface area contributed by atoms with Crippen molar-refractivity contribution in [3.63, 3.8) is 0 Å². The molecule has 7 heteroatoms. The van der Waals surface area contributed by atoms with Crippen molar-refractivity contribution in [3.05, 3.63) is 28.4 Å². The van der Waals surface area contributed by atoms with E-state index in [4.69, 9.17) is 23.2 Å². The minimum Gasteiger partial charge on any atom is -0.249 e. The number of nitrogens with zero attached hydrogens (tertiary/aromatic N) is 5. The van der Waals surface area contributed by atoms with Gasteiger partial charge >= 0.3 is 0 Å². The molecule has 74 valence electrons. The predicted octanol–water partition coefficient (Wildman–Crippen LogP) is 1.98. The summed E-state index contributed by atoms with van der Waals surface area (Å²) >= 11 is 11.9. The van der Waals surface area contributed by atoms with Crippen LogP contribution in [-0.2, 0) is 0 Å². The number of fused-ring (bicyclic) bond motifs is 3. The van der Waals surface area contributed by atoms with E-state index in [0.717, 1.165) is 0 Å². The molecule has 5 nitrogen and oxygen atoms in total. The van der Waals surface area contributed by atoms with Gasteiger partial charge in [0.05, 0.1) is 16.7 Å². The van der Waals surface area contributed by atoms with Crippen LogP contribution in [0, 0.1) is 0 Å². The van der Waals surface area contributed by atoms with Crippen molar-refractivity contribution in [2.45, 2.75) is 0 Å². The van der Waals surface area contributed by atoms with E-state index >= 15 is 0 Å². The molecule has 0 saturated carbocycles. The molecule has 1 aromatic carbocycles. The number of benzene rings is 1. The fraction of sp³-hybridized carbons (Fsp3) is 0. The quantitative estimate of drug-likeness (QED) is 0.602. The molecule has 2 aromatic heterocycles. The van der Waals surface area contributed by atoms with Crippen molar-refractivity contribution in [1.82, 2.24) is 25.0 Å². The molecule has 0 spiro atoms. The standard InChI is InChI=1S/C8H3Cl2N5/c9-4-1-5(10)8-6(2-4)15-7(3-11-8)12-13-14-15/h1-3H. The molecule has 0 N–H and O–H groups in total. The van der Waals surface area contributed by atoms with E-state index in [-0.39, 0.29) is 0 Å². The van der Waals surface area contributed by atoms with Crippen molar-refractivity contribution < 1.29 is 0 Å². The van der Waals surface area contributed by atoms with Crippen molar-refractivity contribution in [2.75, 3.05) is 0 Å². The van der Waals surface area contributed by atoms with Crippen LogP contribution in [0.5, 0.6) is 0 Å². The topological polar surface area (TPSA) is 56.0 Å². The first-order chi connectivity index (χ1) is 7.25. The fourth-order valence-electron chi connectivity index (χ4n) is 1.41. The highest BCUT2D eigenvalue weighted by molar-refractivity contribution is 6.38. The minimum atomic E-state index is 0.481. The first-order valence-corrected chi connectivity index (χ1v) is 4.83. The first kappa shape index (κ1) is 8.82. The largest absolute Gasteiger partial charge is 0.249 e. The number of rotatable bonds is 0. The van der Waals surface area contributed by atoms with Gasteiger partial charge in [-0.15, -0.1) is 5.10 Å². The lowest BCUT2D eigenvalue weighted by Gasteiger charge is -2.01. The molecule has 3 rings (SSSR count). The summed E-state index contributed by atoms with van der Waals surface area (Å²) in [4.78, 5) is 4.17. The molecule has 3 aromatic rings. The molecule has 0 aliphatic heterocycles. The molecule has 0 saturated heterocycles. The third-order valence-electron chi connectivity index (χ3n) is 2.04. The summed E-state index contributed by atoms with van der Waals surface area (Å²) in [7, 11) is 0. The van der Waals surface area contributed by atoms with E-state index < -0.39 is 0 Å². The Kier molecular flexibility index (Phi) is 1.77. The number of hydrogen-bond donors (Lipinski definition) is 0. The Morgan fingerprint density at radius 3 is 2.93 bits per heavy atom. The molecule has 0 bridgehead atoms. The van der Waals surface area contributed by atoms with E-state index in [2.05, 4.69) is 20.5 Å². The summed E-state index contributed by atoms with van der Waals surface area (Å²) in [6.45, 7) is 0. The van der Waals surface area contributed by atoms with Gasteiger partial charge in [-0.1, -0.05) is 23.2 Å². The highest BCUT2D eigenvalue weighted by Crippen LogP contribution is 2.25. The Morgan fingerprint density at radius 1 is 1.20 bits per heavy atom. The third kappa shape index (κ3) is 1.24. The van der Waals surface area contributed by atoms with Gasteiger partial charge in [0, 0.05) is 5.02 Å². The number of tetrazole rings is 1. The minimum absolute atomic E-state index is 0.481. The Balaban J connectivity index is 2.61. The zero-order valence-electron chi connectivity index (χ0n) is 7.22. The van der Waals surface area contributed by atoms with E-state index in [1.54, 1.807) is 22.8 Å². The predicted molar refractivity (Wildman–Crippen MR) is 56.1 cm³/mol. The molecule has 0 fully saturated rings. The SMILES string of the molecule is Clc1cc(Cl)c2ncc3nnnn3c2c1. The van der Waals surface area contributed by atoms with Crippen molar-refractivity contribution in [3.8, 4) is 0 Å². The van der Waals surface area contributed by atoms with Crippen molar-refractivity contribution in [1.29, 1.82) is 0 Å². The van der Waals surface area contributed by atoms with E-state index in [1.165, 1.54) is 0 Å². The number of halogens is 2. The van der Waals surface area contributed by atoms with Crippen LogP contribution < -0.4 is 0 Å². The molecule has 0 aliphatic carbocycles. The zero-order valence-corrected chi connectivity index (χ0v) is 8.74. The lowest BCUT2D eigenvalue weighted by Crippen LogP contribution is -1.93. The molecule has 0 aliphatic rings. The van der Waals surface area contributed by atoms with Crippen molar-refractivity contribution >= 4 is 39.9 Å². The average Bonchev–Trinajstić information content (AvgIpc) is 2.65. The van der Waals surface area contributed by atoms with Gasteiger partial charge < -0.3 is 0 Å². The molecule has 0 radical (unpaired) electrons. The van der Waals surface area contributed by atoms with E-state index in [1.807, 2.05) is 0 Å². The van der Waals surface area contributed by atoms with Crippen LogP contribution in [0.15, 0.2) is 18.3 Å². The van der Waals surface area contributed by atoms with Gasteiger partial charge in [0.2, 0.25) is 0 Å². The van der Waals surface area contributed by atoms with Gasteiger partial charge in [-0.2, -0.15) is 4.52 Å². The molecule has 0 atom stereocenters. The summed E-state index contributed by atoms with van der Waals surface area (Å²) in [6.07, 6.45) is 1.56. The Hall–Kier alpha value is -1.46. The zero-order chi connectivity index (χ0) is 10.4. The highest BCUT2D eigenvalue weighted by atomic mass is 35.5. The maximum Gasteiger partial charge on any atom is 0.198 e. The van der Waals surface area contributed by atoms with Crippen LogP contribution in [0.4, 0.5) is 0 Å². The molecular weight excluding hydrogens is 237 g/mol. The Labute approximate surface area is 93.6 Å². The maximum atomic E-state index is 6.00. The van der Waals surface area contributed by atoms with Crippen LogP contribution in [0.3, 0.4) is 0 Å². The summed E-state index contributed by atoms with van der Waals surface area (Å²) < 4.78 is 1.54. The molecule has 0 amide bonds. The monoisotopic (exact) mass is 239 g/mol. The Morgan fingerprint density at radius 2 is 2.07 bits per heavy atom. The first-order valence-electron chi connectivity index (χ1n) is 4.07. The summed E-state index contributed by atoms with van der Waals surface area (Å²) in [6, 6.07) is 3.35.